The summed E-state index contributed by atoms with van der Waals surface area (Å²) in [7, 11) is 0. The molecule has 0 bridgehead atoms. The van der Waals surface area contributed by atoms with Crippen molar-refractivity contribution in [2.45, 2.75) is 12.5 Å². The van der Waals surface area contributed by atoms with Crippen molar-refractivity contribution in [1.29, 1.82) is 0 Å². The normalized spacial score (nSPS) is 16.8. The largest absolute Gasteiger partial charge is 0.491 e. The Bertz CT molecular complexity index is 601. The van der Waals surface area contributed by atoms with E-state index in [9.17, 15) is 9.18 Å². The standard InChI is InChI=1S/C13H11FN2O2S/c14-8-1-2-12-10(3-8)11(5-18-12)16-13(17)4-9-6-19-7-15-9/h1-3,6-7,11H,4-5H2,(H,16,17). The van der Waals surface area contributed by atoms with Gasteiger partial charge in [-0.15, -0.1) is 11.3 Å². The van der Waals surface area contributed by atoms with Gasteiger partial charge in [-0.25, -0.2) is 9.37 Å². The number of ether oxygens (including phenoxy) is 1. The van der Waals surface area contributed by atoms with Crippen LogP contribution in [0.25, 0.3) is 0 Å². The first-order valence-corrected chi connectivity index (χ1v) is 6.75. The molecule has 1 aliphatic rings. The second-order valence-electron chi connectivity index (χ2n) is 4.27. The second kappa shape index (κ2) is 4.97. The van der Waals surface area contributed by atoms with Gasteiger partial charge in [0.25, 0.3) is 0 Å². The van der Waals surface area contributed by atoms with Crippen molar-refractivity contribution in [3.05, 3.63) is 46.2 Å². The van der Waals surface area contributed by atoms with E-state index < -0.39 is 0 Å². The number of carbonyl (C=O) groups excluding carboxylic acids is 1. The Hall–Kier alpha value is -1.95. The SMILES string of the molecule is O=C(Cc1cscn1)NC1COc2ccc(F)cc21. The molecule has 0 saturated heterocycles. The lowest BCUT2D eigenvalue weighted by Gasteiger charge is -2.11. The van der Waals surface area contributed by atoms with Crippen molar-refractivity contribution < 1.29 is 13.9 Å². The number of thiazole rings is 1. The Morgan fingerprint density at radius 1 is 1.58 bits per heavy atom. The molecule has 1 aromatic carbocycles. The number of hydrogen-bond donors (Lipinski definition) is 1. The highest BCUT2D eigenvalue weighted by Crippen LogP contribution is 2.32. The average molecular weight is 278 g/mol. The third kappa shape index (κ3) is 2.58. The minimum atomic E-state index is -0.331. The Balaban J connectivity index is 1.69. The van der Waals surface area contributed by atoms with Crippen LogP contribution in [0.1, 0.15) is 17.3 Å². The molecule has 0 fully saturated rings. The van der Waals surface area contributed by atoms with E-state index in [1.807, 2.05) is 5.38 Å². The highest BCUT2D eigenvalue weighted by Gasteiger charge is 2.26. The van der Waals surface area contributed by atoms with Crippen LogP contribution in [0.5, 0.6) is 5.75 Å². The smallest absolute Gasteiger partial charge is 0.226 e. The lowest BCUT2D eigenvalue weighted by Crippen LogP contribution is -2.30. The van der Waals surface area contributed by atoms with E-state index in [1.165, 1.54) is 23.5 Å². The number of nitrogens with one attached hydrogen (secondary N) is 1. The molecule has 4 nitrogen and oxygen atoms in total. The zero-order valence-corrected chi connectivity index (χ0v) is 10.7. The summed E-state index contributed by atoms with van der Waals surface area (Å²) in [5.74, 6) is 0.153. The molecule has 6 heteroatoms. The fourth-order valence-electron chi connectivity index (χ4n) is 2.04. The van der Waals surface area contributed by atoms with E-state index >= 15 is 0 Å². The van der Waals surface area contributed by atoms with Crippen molar-refractivity contribution in [3.8, 4) is 5.75 Å². The number of fused-ring (bicyclic) bond motifs is 1. The highest BCUT2D eigenvalue weighted by atomic mass is 32.1. The Morgan fingerprint density at radius 2 is 2.47 bits per heavy atom. The predicted octanol–water partition coefficient (Wildman–Crippen LogP) is 2.07. The summed E-state index contributed by atoms with van der Waals surface area (Å²) < 4.78 is 18.6. The van der Waals surface area contributed by atoms with Crippen LogP contribution < -0.4 is 10.1 Å². The summed E-state index contributed by atoms with van der Waals surface area (Å²) >= 11 is 1.45. The maximum absolute atomic E-state index is 13.2. The van der Waals surface area contributed by atoms with Crippen LogP contribution in [-0.4, -0.2) is 17.5 Å². The number of amides is 1. The van der Waals surface area contributed by atoms with Crippen molar-refractivity contribution in [3.63, 3.8) is 0 Å². The molecule has 0 spiro atoms. The molecule has 1 atom stereocenters. The van der Waals surface area contributed by atoms with Gasteiger partial charge in [0.05, 0.1) is 23.7 Å². The van der Waals surface area contributed by atoms with E-state index in [0.717, 1.165) is 5.69 Å². The molecule has 1 unspecified atom stereocenters. The first kappa shape index (κ1) is 12.1. The number of carbonyl (C=O) groups is 1. The topological polar surface area (TPSA) is 51.2 Å². The van der Waals surface area contributed by atoms with Crippen LogP contribution in [0, 0.1) is 5.82 Å². The number of nitrogens with zero attached hydrogens (tertiary/aromatic N) is 1. The van der Waals surface area contributed by atoms with E-state index in [1.54, 1.807) is 11.6 Å². The van der Waals surface area contributed by atoms with Crippen molar-refractivity contribution in [2.24, 2.45) is 0 Å². The molecular weight excluding hydrogens is 267 g/mol. The van der Waals surface area contributed by atoms with Gasteiger partial charge in [-0.1, -0.05) is 0 Å². The van der Waals surface area contributed by atoms with E-state index in [2.05, 4.69) is 10.3 Å². The van der Waals surface area contributed by atoms with Crippen LogP contribution in [0.2, 0.25) is 0 Å². The fraction of sp³-hybridized carbons (Fsp3) is 0.231. The van der Waals surface area contributed by atoms with Gasteiger partial charge < -0.3 is 10.1 Å². The maximum Gasteiger partial charge on any atom is 0.226 e. The summed E-state index contributed by atoms with van der Waals surface area (Å²) in [4.78, 5) is 15.9. The van der Waals surface area contributed by atoms with Crippen LogP contribution in [0.4, 0.5) is 4.39 Å². The third-order valence-corrected chi connectivity index (χ3v) is 3.55. The molecular formula is C13H11FN2O2S. The van der Waals surface area contributed by atoms with Gasteiger partial charge in [0, 0.05) is 10.9 Å². The molecule has 0 aliphatic carbocycles. The zero-order chi connectivity index (χ0) is 13.2. The van der Waals surface area contributed by atoms with Gasteiger partial charge in [-0.2, -0.15) is 0 Å². The Kier molecular flexibility index (Phi) is 3.16. The van der Waals surface area contributed by atoms with E-state index in [-0.39, 0.29) is 24.2 Å². The highest BCUT2D eigenvalue weighted by molar-refractivity contribution is 7.07. The lowest BCUT2D eigenvalue weighted by atomic mass is 10.1. The fourth-order valence-corrected chi connectivity index (χ4v) is 2.60. The molecule has 2 heterocycles. The Morgan fingerprint density at radius 3 is 3.26 bits per heavy atom. The van der Waals surface area contributed by atoms with Gasteiger partial charge in [-0.05, 0) is 18.2 Å². The van der Waals surface area contributed by atoms with Gasteiger partial charge >= 0.3 is 0 Å². The monoisotopic (exact) mass is 278 g/mol. The minimum Gasteiger partial charge on any atom is -0.491 e. The van der Waals surface area contributed by atoms with E-state index in [0.29, 0.717) is 17.9 Å². The number of halogens is 1. The summed E-state index contributed by atoms with van der Waals surface area (Å²) in [6.07, 6.45) is 0.227. The molecule has 2 aromatic rings. The quantitative estimate of drug-likeness (QED) is 0.935. The van der Waals surface area contributed by atoms with Crippen LogP contribution in [0.15, 0.2) is 29.1 Å². The molecule has 0 saturated carbocycles. The van der Waals surface area contributed by atoms with Crippen LogP contribution >= 0.6 is 11.3 Å². The van der Waals surface area contributed by atoms with Gasteiger partial charge in [0.15, 0.2) is 0 Å². The second-order valence-corrected chi connectivity index (χ2v) is 4.99. The van der Waals surface area contributed by atoms with Gasteiger partial charge in [0.2, 0.25) is 5.91 Å². The van der Waals surface area contributed by atoms with Crippen LogP contribution in [-0.2, 0) is 11.2 Å². The molecule has 19 heavy (non-hydrogen) atoms. The summed E-state index contributed by atoms with van der Waals surface area (Å²) in [6, 6.07) is 4.03. The van der Waals surface area contributed by atoms with E-state index in [4.69, 9.17) is 4.74 Å². The number of aromatic nitrogens is 1. The maximum atomic E-state index is 13.2. The zero-order valence-electron chi connectivity index (χ0n) is 9.93. The Labute approximate surface area is 113 Å². The molecule has 1 aliphatic heterocycles. The first-order chi connectivity index (χ1) is 9.22. The van der Waals surface area contributed by atoms with Crippen LogP contribution in [0.3, 0.4) is 0 Å². The minimum absolute atomic E-state index is 0.142. The van der Waals surface area contributed by atoms with Gasteiger partial charge in [-0.3, -0.25) is 4.79 Å². The summed E-state index contributed by atoms with van der Waals surface area (Å²) in [6.45, 7) is 0.335. The lowest BCUT2D eigenvalue weighted by molar-refractivity contribution is -0.121. The summed E-state index contributed by atoms with van der Waals surface area (Å²) in [5, 5.41) is 4.67. The van der Waals surface area contributed by atoms with Gasteiger partial charge in [0.1, 0.15) is 18.2 Å². The summed E-state index contributed by atoms with van der Waals surface area (Å²) in [5.41, 5.74) is 3.11. The number of benzene rings is 1. The molecule has 1 N–H and O–H groups in total. The molecule has 1 aromatic heterocycles. The number of hydrogen-bond acceptors (Lipinski definition) is 4. The average Bonchev–Trinajstić information content (AvgIpc) is 3.00. The molecule has 1 amide bonds. The molecule has 3 rings (SSSR count). The third-order valence-electron chi connectivity index (χ3n) is 2.91. The van der Waals surface area contributed by atoms with Crippen molar-refractivity contribution in [2.75, 3.05) is 6.61 Å². The molecule has 98 valence electrons. The van der Waals surface area contributed by atoms with Crippen molar-refractivity contribution >= 4 is 17.2 Å². The first-order valence-electron chi connectivity index (χ1n) is 5.81. The number of rotatable bonds is 3. The van der Waals surface area contributed by atoms with Crippen molar-refractivity contribution in [1.82, 2.24) is 10.3 Å². The predicted molar refractivity (Wildman–Crippen MR) is 68.6 cm³/mol. The molecule has 0 radical (unpaired) electrons.